The van der Waals surface area contributed by atoms with E-state index in [1.165, 1.54) is 0 Å². The summed E-state index contributed by atoms with van der Waals surface area (Å²) >= 11 is 0. The molecule has 0 saturated carbocycles. The number of hydrogen-bond acceptors (Lipinski definition) is 4. The van der Waals surface area contributed by atoms with Crippen LogP contribution < -0.4 is 0 Å². The molecule has 0 aromatic carbocycles. The van der Waals surface area contributed by atoms with Gasteiger partial charge in [0.15, 0.2) is 0 Å². The van der Waals surface area contributed by atoms with E-state index in [-0.39, 0.29) is 13.0 Å². The Morgan fingerprint density at radius 2 is 1.47 bits per heavy atom. The van der Waals surface area contributed by atoms with E-state index in [0.717, 1.165) is 12.8 Å². The predicted molar refractivity (Wildman–Crippen MR) is 56.6 cm³/mol. The van der Waals surface area contributed by atoms with Gasteiger partial charge < -0.3 is 0 Å². The molecule has 0 rings (SSSR count). The first kappa shape index (κ1) is 15.0. The first-order valence-corrected chi connectivity index (χ1v) is 6.74. The topological polar surface area (TPSA) is 44.8 Å². The molecule has 0 aliphatic heterocycles. The Labute approximate surface area is 90.7 Å². The summed E-state index contributed by atoms with van der Waals surface area (Å²) in [4.78, 5) is 0. The van der Waals surface area contributed by atoms with Gasteiger partial charge in [-0.05, 0) is 19.3 Å². The second-order valence-corrected chi connectivity index (χ2v) is 4.66. The van der Waals surface area contributed by atoms with Crippen LogP contribution in [0, 0.1) is 0 Å². The van der Waals surface area contributed by atoms with Crippen molar-refractivity contribution in [1.82, 2.24) is 0 Å². The molecule has 0 unspecified atom stereocenters. The Hall–Kier alpha value is 0.0400. The fourth-order valence-electron chi connectivity index (χ4n) is 0.749. The molecular weight excluding hydrogens is 222 g/mol. The number of phosphoric acid groups is 1. The van der Waals surface area contributed by atoms with E-state index < -0.39 is 14.5 Å². The van der Waals surface area contributed by atoms with E-state index in [1.807, 2.05) is 13.8 Å². The van der Waals surface area contributed by atoms with Crippen molar-refractivity contribution in [3.63, 3.8) is 0 Å². The molecule has 0 bridgehead atoms. The Kier molecular flexibility index (Phi) is 9.30. The Morgan fingerprint density at radius 3 is 1.87 bits per heavy atom. The van der Waals surface area contributed by atoms with E-state index >= 15 is 0 Å². The summed E-state index contributed by atoms with van der Waals surface area (Å²) < 4.78 is 38.6. The SMILES string of the molecule is CCCOP(=O)(OCCC)OCCCF. The minimum Gasteiger partial charge on any atom is -0.287 e. The molecule has 0 aromatic heterocycles. The van der Waals surface area contributed by atoms with Crippen molar-refractivity contribution in [2.75, 3.05) is 26.5 Å². The zero-order valence-electron chi connectivity index (χ0n) is 9.41. The van der Waals surface area contributed by atoms with Gasteiger partial charge in [-0.15, -0.1) is 0 Å². The van der Waals surface area contributed by atoms with Crippen LogP contribution in [-0.4, -0.2) is 26.5 Å². The average molecular weight is 242 g/mol. The lowest BCUT2D eigenvalue weighted by atomic mass is 10.5. The van der Waals surface area contributed by atoms with E-state index in [2.05, 4.69) is 0 Å². The quantitative estimate of drug-likeness (QED) is 0.435. The van der Waals surface area contributed by atoms with Gasteiger partial charge in [-0.1, -0.05) is 13.8 Å². The maximum Gasteiger partial charge on any atom is 0.474 e. The fourth-order valence-corrected chi connectivity index (χ4v) is 2.14. The van der Waals surface area contributed by atoms with E-state index in [1.54, 1.807) is 0 Å². The number of alkyl halides is 1. The molecule has 0 aliphatic rings. The Balaban J connectivity index is 3.96. The molecule has 0 aromatic rings. The molecule has 0 fully saturated rings. The van der Waals surface area contributed by atoms with Crippen molar-refractivity contribution in [2.45, 2.75) is 33.1 Å². The summed E-state index contributed by atoms with van der Waals surface area (Å²) in [6, 6.07) is 0. The van der Waals surface area contributed by atoms with Gasteiger partial charge in [-0.25, -0.2) is 4.57 Å². The van der Waals surface area contributed by atoms with Gasteiger partial charge in [0.25, 0.3) is 0 Å². The van der Waals surface area contributed by atoms with Crippen molar-refractivity contribution < 1.29 is 22.5 Å². The highest BCUT2D eigenvalue weighted by Crippen LogP contribution is 2.49. The van der Waals surface area contributed by atoms with Crippen molar-refractivity contribution in [2.24, 2.45) is 0 Å². The first-order valence-electron chi connectivity index (χ1n) is 5.28. The summed E-state index contributed by atoms with van der Waals surface area (Å²) in [5.41, 5.74) is 0. The summed E-state index contributed by atoms with van der Waals surface area (Å²) in [6.45, 7) is 3.98. The smallest absolute Gasteiger partial charge is 0.287 e. The summed E-state index contributed by atoms with van der Waals surface area (Å²) in [7, 11) is -3.45. The minimum absolute atomic E-state index is 0.0568. The van der Waals surface area contributed by atoms with Gasteiger partial charge >= 0.3 is 7.82 Å². The molecule has 0 radical (unpaired) electrons. The molecular formula is C9H20FO4P. The van der Waals surface area contributed by atoms with Gasteiger partial charge in [0, 0.05) is 0 Å². The first-order chi connectivity index (χ1) is 7.18. The molecule has 0 atom stereocenters. The third-order valence-electron chi connectivity index (χ3n) is 1.43. The fraction of sp³-hybridized carbons (Fsp3) is 1.00. The molecule has 0 aliphatic carbocycles. The largest absolute Gasteiger partial charge is 0.474 e. The lowest BCUT2D eigenvalue weighted by Crippen LogP contribution is -2.03. The second kappa shape index (κ2) is 9.28. The molecule has 0 saturated heterocycles. The molecule has 92 valence electrons. The average Bonchev–Trinajstić information content (AvgIpc) is 2.24. The van der Waals surface area contributed by atoms with E-state index in [9.17, 15) is 8.96 Å². The lowest BCUT2D eigenvalue weighted by Gasteiger charge is -2.16. The molecule has 15 heavy (non-hydrogen) atoms. The normalized spacial score (nSPS) is 11.9. The maximum absolute atomic E-state index is 11.8. The van der Waals surface area contributed by atoms with Crippen LogP contribution in [0.25, 0.3) is 0 Å². The van der Waals surface area contributed by atoms with E-state index in [0.29, 0.717) is 13.2 Å². The summed E-state index contributed by atoms with van der Waals surface area (Å²) in [5.74, 6) is 0. The van der Waals surface area contributed by atoms with Crippen LogP contribution in [0.4, 0.5) is 4.39 Å². The van der Waals surface area contributed by atoms with Crippen LogP contribution in [0.5, 0.6) is 0 Å². The van der Waals surface area contributed by atoms with Gasteiger partial charge in [0.05, 0.1) is 26.5 Å². The monoisotopic (exact) mass is 242 g/mol. The second-order valence-electron chi connectivity index (χ2n) is 2.99. The molecule has 4 nitrogen and oxygen atoms in total. The number of phosphoric ester groups is 1. The molecule has 0 heterocycles. The molecule has 6 heteroatoms. The predicted octanol–water partition coefficient (Wildman–Crippen LogP) is 3.32. The van der Waals surface area contributed by atoms with Crippen LogP contribution in [-0.2, 0) is 18.1 Å². The van der Waals surface area contributed by atoms with Crippen molar-refractivity contribution in [3.05, 3.63) is 0 Å². The lowest BCUT2D eigenvalue weighted by molar-refractivity contribution is 0.110. The van der Waals surface area contributed by atoms with Gasteiger partial charge in [0.2, 0.25) is 0 Å². The molecule has 0 amide bonds. The zero-order chi connectivity index (χ0) is 11.6. The number of rotatable bonds is 10. The zero-order valence-corrected chi connectivity index (χ0v) is 10.3. The Morgan fingerprint density at radius 1 is 1.00 bits per heavy atom. The maximum atomic E-state index is 11.8. The van der Waals surface area contributed by atoms with Gasteiger partial charge in [-0.3, -0.25) is 18.0 Å². The van der Waals surface area contributed by atoms with Gasteiger partial charge in [-0.2, -0.15) is 0 Å². The van der Waals surface area contributed by atoms with Gasteiger partial charge in [0.1, 0.15) is 0 Å². The summed E-state index contributed by atoms with van der Waals surface area (Å²) in [5, 5.41) is 0. The van der Waals surface area contributed by atoms with Crippen LogP contribution in [0.2, 0.25) is 0 Å². The van der Waals surface area contributed by atoms with Crippen LogP contribution >= 0.6 is 7.82 Å². The number of hydrogen-bond donors (Lipinski definition) is 0. The number of halogens is 1. The highest BCUT2D eigenvalue weighted by atomic mass is 31.2. The molecule has 0 spiro atoms. The summed E-state index contributed by atoms with van der Waals surface area (Å²) in [6.07, 6.45) is 1.66. The third-order valence-corrected chi connectivity index (χ3v) is 2.93. The van der Waals surface area contributed by atoms with Crippen LogP contribution in [0.1, 0.15) is 33.1 Å². The Bertz CT molecular complexity index is 177. The van der Waals surface area contributed by atoms with E-state index in [4.69, 9.17) is 13.6 Å². The minimum atomic E-state index is -3.45. The van der Waals surface area contributed by atoms with Crippen molar-refractivity contribution in [3.8, 4) is 0 Å². The van der Waals surface area contributed by atoms with Crippen molar-refractivity contribution in [1.29, 1.82) is 0 Å². The van der Waals surface area contributed by atoms with Crippen molar-refractivity contribution >= 4 is 7.82 Å². The molecule has 0 N–H and O–H groups in total. The standard InChI is InChI=1S/C9H20FO4P/c1-3-7-12-15(11,13-8-4-2)14-9-5-6-10/h3-9H2,1-2H3. The van der Waals surface area contributed by atoms with Crippen LogP contribution in [0.3, 0.4) is 0 Å². The highest BCUT2D eigenvalue weighted by molar-refractivity contribution is 7.48. The van der Waals surface area contributed by atoms with Crippen LogP contribution in [0.15, 0.2) is 0 Å². The highest BCUT2D eigenvalue weighted by Gasteiger charge is 2.25. The third kappa shape index (κ3) is 7.91.